The molecule has 0 unspecified atom stereocenters. The molecule has 0 aliphatic carbocycles. The zero-order valence-electron chi connectivity index (χ0n) is 13.3. The molecule has 0 aliphatic heterocycles. The molecule has 0 bridgehead atoms. The quantitative estimate of drug-likeness (QED) is 0.728. The standard InChI is InChI=1S/C16H21N3O3S/c1-12-15(23-11-18-12)7-8-17-16(20)19-13-5-3-4-6-14(13)22-10-9-21-2/h3-6,11H,7-10H2,1-2H3,(H2,17,19,20). The molecule has 1 heterocycles. The van der Waals surface area contributed by atoms with Gasteiger partial charge in [-0.2, -0.15) is 0 Å². The van der Waals surface area contributed by atoms with E-state index < -0.39 is 0 Å². The van der Waals surface area contributed by atoms with Crippen LogP contribution in [-0.2, 0) is 11.2 Å². The third-order valence-electron chi connectivity index (χ3n) is 3.16. The zero-order valence-corrected chi connectivity index (χ0v) is 14.1. The maximum atomic E-state index is 12.0. The van der Waals surface area contributed by atoms with Gasteiger partial charge in [-0.15, -0.1) is 11.3 Å². The molecule has 0 saturated heterocycles. The summed E-state index contributed by atoms with van der Waals surface area (Å²) in [6.45, 7) is 3.46. The SMILES string of the molecule is COCCOc1ccccc1NC(=O)NCCc1scnc1C. The number of nitrogens with one attached hydrogen (secondary N) is 2. The number of thiazole rings is 1. The lowest BCUT2D eigenvalue weighted by Crippen LogP contribution is -2.30. The Kier molecular flexibility index (Phi) is 6.83. The minimum absolute atomic E-state index is 0.255. The molecule has 2 rings (SSSR count). The minimum Gasteiger partial charge on any atom is -0.489 e. The Balaban J connectivity index is 1.81. The molecule has 1 aromatic heterocycles. The second-order valence-corrected chi connectivity index (χ2v) is 5.77. The molecule has 0 saturated carbocycles. The number of urea groups is 1. The molecule has 0 radical (unpaired) electrons. The Morgan fingerprint density at radius 2 is 2.13 bits per heavy atom. The summed E-state index contributed by atoms with van der Waals surface area (Å²) < 4.78 is 10.5. The summed E-state index contributed by atoms with van der Waals surface area (Å²) in [5.41, 5.74) is 3.47. The smallest absolute Gasteiger partial charge is 0.319 e. The first kappa shape index (κ1) is 17.2. The van der Waals surface area contributed by atoms with Crippen molar-refractivity contribution in [3.63, 3.8) is 0 Å². The number of carbonyl (C=O) groups is 1. The van der Waals surface area contributed by atoms with E-state index >= 15 is 0 Å². The molecule has 2 aromatic rings. The summed E-state index contributed by atoms with van der Waals surface area (Å²) in [5, 5.41) is 5.64. The fraction of sp³-hybridized carbons (Fsp3) is 0.375. The normalized spacial score (nSPS) is 10.3. The van der Waals surface area contributed by atoms with Crippen LogP contribution in [-0.4, -0.2) is 37.9 Å². The van der Waals surface area contributed by atoms with Gasteiger partial charge >= 0.3 is 6.03 Å². The molecule has 7 heteroatoms. The number of benzene rings is 1. The highest BCUT2D eigenvalue weighted by molar-refractivity contribution is 7.09. The van der Waals surface area contributed by atoms with Crippen LogP contribution in [0.15, 0.2) is 29.8 Å². The van der Waals surface area contributed by atoms with Crippen molar-refractivity contribution < 1.29 is 14.3 Å². The molecule has 23 heavy (non-hydrogen) atoms. The van der Waals surface area contributed by atoms with E-state index in [2.05, 4.69) is 15.6 Å². The maximum Gasteiger partial charge on any atom is 0.319 e. The van der Waals surface area contributed by atoms with Crippen LogP contribution in [0.5, 0.6) is 5.75 Å². The van der Waals surface area contributed by atoms with Crippen LogP contribution in [0.3, 0.4) is 0 Å². The number of carbonyl (C=O) groups excluding carboxylic acids is 1. The van der Waals surface area contributed by atoms with Crippen molar-refractivity contribution in [3.8, 4) is 5.75 Å². The average Bonchev–Trinajstić information content (AvgIpc) is 2.94. The van der Waals surface area contributed by atoms with Crippen LogP contribution in [0, 0.1) is 6.92 Å². The number of ether oxygens (including phenoxy) is 2. The second-order valence-electron chi connectivity index (χ2n) is 4.83. The van der Waals surface area contributed by atoms with Crippen molar-refractivity contribution in [3.05, 3.63) is 40.3 Å². The zero-order chi connectivity index (χ0) is 16.5. The Labute approximate surface area is 139 Å². The highest BCUT2D eigenvalue weighted by Crippen LogP contribution is 2.23. The monoisotopic (exact) mass is 335 g/mol. The number of amides is 2. The number of aryl methyl sites for hydroxylation is 1. The average molecular weight is 335 g/mol. The second kappa shape index (κ2) is 9.12. The molecule has 6 nitrogen and oxygen atoms in total. The first-order valence-electron chi connectivity index (χ1n) is 7.35. The minimum atomic E-state index is -0.255. The maximum absolute atomic E-state index is 12.0. The van der Waals surface area contributed by atoms with Crippen molar-refractivity contribution in [1.82, 2.24) is 10.3 Å². The lowest BCUT2D eigenvalue weighted by atomic mass is 10.3. The number of anilines is 1. The fourth-order valence-electron chi connectivity index (χ4n) is 1.95. The van der Waals surface area contributed by atoms with Gasteiger partial charge in [0.2, 0.25) is 0 Å². The lowest BCUT2D eigenvalue weighted by Gasteiger charge is -2.12. The van der Waals surface area contributed by atoms with Crippen LogP contribution in [0.1, 0.15) is 10.6 Å². The molecule has 0 atom stereocenters. The highest BCUT2D eigenvalue weighted by Gasteiger charge is 2.08. The molecule has 0 aliphatic rings. The Morgan fingerprint density at radius 3 is 2.87 bits per heavy atom. The van der Waals surface area contributed by atoms with Crippen molar-refractivity contribution >= 4 is 23.1 Å². The van der Waals surface area contributed by atoms with E-state index in [4.69, 9.17) is 9.47 Å². The van der Waals surface area contributed by atoms with E-state index in [9.17, 15) is 4.79 Å². The van der Waals surface area contributed by atoms with Gasteiger partial charge in [0.25, 0.3) is 0 Å². The van der Waals surface area contributed by atoms with Crippen molar-refractivity contribution in [1.29, 1.82) is 0 Å². The van der Waals surface area contributed by atoms with Gasteiger partial charge in [-0.05, 0) is 19.1 Å². The van der Waals surface area contributed by atoms with E-state index in [0.29, 0.717) is 31.2 Å². The lowest BCUT2D eigenvalue weighted by molar-refractivity contribution is 0.146. The van der Waals surface area contributed by atoms with Crippen LogP contribution in [0.2, 0.25) is 0 Å². The molecule has 0 spiro atoms. The Bertz CT molecular complexity index is 631. The first-order valence-corrected chi connectivity index (χ1v) is 8.23. The predicted molar refractivity (Wildman–Crippen MR) is 91.4 cm³/mol. The van der Waals surface area contributed by atoms with Gasteiger partial charge in [-0.25, -0.2) is 9.78 Å². The van der Waals surface area contributed by atoms with Gasteiger partial charge in [0.05, 0.1) is 23.5 Å². The Morgan fingerprint density at radius 1 is 1.30 bits per heavy atom. The molecule has 0 fully saturated rings. The summed E-state index contributed by atoms with van der Waals surface area (Å²) in [6, 6.07) is 7.06. The van der Waals surface area contributed by atoms with E-state index in [0.717, 1.165) is 12.1 Å². The number of nitrogens with zero attached hydrogens (tertiary/aromatic N) is 1. The van der Waals surface area contributed by atoms with Gasteiger partial charge in [-0.1, -0.05) is 12.1 Å². The molecule has 2 amide bonds. The molecular formula is C16H21N3O3S. The fourth-order valence-corrected chi connectivity index (χ4v) is 2.73. The topological polar surface area (TPSA) is 72.5 Å². The van der Waals surface area contributed by atoms with Crippen LogP contribution < -0.4 is 15.4 Å². The summed E-state index contributed by atoms with van der Waals surface area (Å²) in [5.74, 6) is 0.623. The van der Waals surface area contributed by atoms with Gasteiger partial charge in [0, 0.05) is 25.0 Å². The highest BCUT2D eigenvalue weighted by atomic mass is 32.1. The van der Waals surface area contributed by atoms with Crippen molar-refractivity contribution in [2.45, 2.75) is 13.3 Å². The predicted octanol–water partition coefficient (Wildman–Crippen LogP) is 2.84. The van der Waals surface area contributed by atoms with Crippen molar-refractivity contribution in [2.75, 3.05) is 32.2 Å². The van der Waals surface area contributed by atoms with E-state index in [-0.39, 0.29) is 6.03 Å². The third kappa shape index (κ3) is 5.54. The van der Waals surface area contributed by atoms with Crippen LogP contribution >= 0.6 is 11.3 Å². The van der Waals surface area contributed by atoms with Gasteiger partial charge in [0.15, 0.2) is 0 Å². The largest absolute Gasteiger partial charge is 0.489 e. The number of rotatable bonds is 8. The van der Waals surface area contributed by atoms with Crippen LogP contribution in [0.4, 0.5) is 10.5 Å². The summed E-state index contributed by atoms with van der Waals surface area (Å²) in [6.07, 6.45) is 0.774. The van der Waals surface area contributed by atoms with E-state index in [1.165, 1.54) is 4.88 Å². The first-order chi connectivity index (χ1) is 11.2. The van der Waals surface area contributed by atoms with Crippen molar-refractivity contribution in [2.24, 2.45) is 0 Å². The number of para-hydroxylation sites is 2. The number of methoxy groups -OCH3 is 1. The molecule has 2 N–H and O–H groups in total. The van der Waals surface area contributed by atoms with E-state index in [1.54, 1.807) is 24.5 Å². The van der Waals surface area contributed by atoms with Gasteiger partial charge in [0.1, 0.15) is 12.4 Å². The number of hydrogen-bond donors (Lipinski definition) is 2. The Hall–Kier alpha value is -2.12. The molecule has 124 valence electrons. The van der Waals surface area contributed by atoms with Crippen LogP contribution in [0.25, 0.3) is 0 Å². The van der Waals surface area contributed by atoms with Gasteiger partial charge < -0.3 is 20.1 Å². The van der Waals surface area contributed by atoms with Gasteiger partial charge in [-0.3, -0.25) is 0 Å². The number of aromatic nitrogens is 1. The molecular weight excluding hydrogens is 314 g/mol. The third-order valence-corrected chi connectivity index (χ3v) is 4.16. The summed E-state index contributed by atoms with van der Waals surface area (Å²) in [4.78, 5) is 17.4. The van der Waals surface area contributed by atoms with E-state index in [1.807, 2.05) is 30.6 Å². The summed E-state index contributed by atoms with van der Waals surface area (Å²) >= 11 is 1.60. The molecule has 1 aromatic carbocycles. The number of hydrogen-bond acceptors (Lipinski definition) is 5. The summed E-state index contributed by atoms with van der Waals surface area (Å²) in [7, 11) is 1.62.